The number of anilines is 2. The van der Waals surface area contributed by atoms with E-state index in [2.05, 4.69) is 25.2 Å². The number of pyridine rings is 1. The maximum Gasteiger partial charge on any atom is 0.234 e. The van der Waals surface area contributed by atoms with Crippen molar-refractivity contribution in [3.63, 3.8) is 0 Å². The molecule has 1 amide bonds. The Bertz CT molecular complexity index is 795. The summed E-state index contributed by atoms with van der Waals surface area (Å²) in [7, 11) is 0. The summed E-state index contributed by atoms with van der Waals surface area (Å²) in [5.41, 5.74) is 0.848. The van der Waals surface area contributed by atoms with Crippen LogP contribution in [0.1, 0.15) is 17.8 Å². The van der Waals surface area contributed by atoms with Gasteiger partial charge in [0.25, 0.3) is 0 Å². The van der Waals surface area contributed by atoms with Gasteiger partial charge in [-0.2, -0.15) is 5.26 Å². The third-order valence-corrected chi connectivity index (χ3v) is 4.31. The minimum absolute atomic E-state index is 0.116. The molecule has 2 aromatic heterocycles. The van der Waals surface area contributed by atoms with Crippen LogP contribution in [0.2, 0.25) is 0 Å². The monoisotopic (exact) mass is 351 g/mol. The molecule has 3 heterocycles. The number of rotatable bonds is 5. The van der Waals surface area contributed by atoms with E-state index in [1.54, 1.807) is 12.4 Å². The zero-order valence-corrected chi connectivity index (χ0v) is 14.7. The van der Waals surface area contributed by atoms with Crippen LogP contribution in [0.25, 0.3) is 0 Å². The minimum Gasteiger partial charge on any atom is -0.369 e. The summed E-state index contributed by atoms with van der Waals surface area (Å²) in [6.07, 6.45) is 3.77. The molecule has 0 atom stereocenters. The predicted octanol–water partition coefficient (Wildman–Crippen LogP) is 1.20. The number of nitriles is 1. The Balaban J connectivity index is 1.46. The van der Waals surface area contributed by atoms with Crippen LogP contribution in [-0.2, 0) is 4.79 Å². The van der Waals surface area contributed by atoms with Crippen LogP contribution in [0.15, 0.2) is 30.6 Å². The van der Waals surface area contributed by atoms with Crippen LogP contribution in [0.3, 0.4) is 0 Å². The number of carbonyl (C=O) groups excluding carboxylic acids is 1. The maximum absolute atomic E-state index is 12.4. The topological polar surface area (TPSA) is 98.0 Å². The second-order valence-corrected chi connectivity index (χ2v) is 6.07. The third-order valence-electron chi connectivity index (χ3n) is 4.31. The Morgan fingerprint density at radius 3 is 2.77 bits per heavy atom. The maximum atomic E-state index is 12.4. The number of amides is 1. The quantitative estimate of drug-likeness (QED) is 0.864. The summed E-state index contributed by atoms with van der Waals surface area (Å²) in [5, 5.41) is 12.0. The number of nitrogens with one attached hydrogen (secondary N) is 1. The van der Waals surface area contributed by atoms with Crippen molar-refractivity contribution in [2.24, 2.45) is 0 Å². The molecule has 1 aliphatic rings. The van der Waals surface area contributed by atoms with E-state index in [1.807, 2.05) is 36.1 Å². The van der Waals surface area contributed by atoms with E-state index in [4.69, 9.17) is 5.26 Å². The SMILES string of the molecule is Cc1cnc(C#N)nc1NCCC(=O)N1CCN(c2ccccn2)CC1. The molecule has 0 unspecified atom stereocenters. The summed E-state index contributed by atoms with van der Waals surface area (Å²) >= 11 is 0. The number of piperazine rings is 1. The molecule has 1 fully saturated rings. The lowest BCUT2D eigenvalue weighted by molar-refractivity contribution is -0.131. The van der Waals surface area contributed by atoms with Crippen LogP contribution in [0.4, 0.5) is 11.6 Å². The van der Waals surface area contributed by atoms with Crippen molar-refractivity contribution in [2.75, 3.05) is 42.9 Å². The van der Waals surface area contributed by atoms with Crippen molar-refractivity contribution >= 4 is 17.5 Å². The number of hydrogen-bond acceptors (Lipinski definition) is 7. The number of aryl methyl sites for hydroxylation is 1. The van der Waals surface area contributed by atoms with Crippen molar-refractivity contribution in [1.29, 1.82) is 5.26 Å². The fourth-order valence-corrected chi connectivity index (χ4v) is 2.85. The van der Waals surface area contributed by atoms with E-state index in [9.17, 15) is 4.79 Å². The van der Waals surface area contributed by atoms with Crippen molar-refractivity contribution < 1.29 is 4.79 Å². The summed E-state index contributed by atoms with van der Waals surface area (Å²) in [5.74, 6) is 1.79. The first-order chi connectivity index (χ1) is 12.7. The van der Waals surface area contributed by atoms with Crippen LogP contribution < -0.4 is 10.2 Å². The standard InChI is InChI=1S/C18H21N7O/c1-14-13-22-15(12-19)23-18(14)21-7-5-17(26)25-10-8-24(9-11-25)16-4-2-3-6-20-16/h2-4,6,13H,5,7-11H2,1H3,(H,21,22,23). The molecule has 1 N–H and O–H groups in total. The van der Waals surface area contributed by atoms with Gasteiger partial charge in [0.2, 0.25) is 11.7 Å². The number of aromatic nitrogens is 3. The van der Waals surface area contributed by atoms with E-state index in [-0.39, 0.29) is 11.7 Å². The first-order valence-corrected chi connectivity index (χ1v) is 8.59. The molecule has 0 aromatic carbocycles. The van der Waals surface area contributed by atoms with Gasteiger partial charge in [-0.15, -0.1) is 0 Å². The van der Waals surface area contributed by atoms with Crippen LogP contribution in [-0.4, -0.2) is 58.5 Å². The molecule has 0 aliphatic carbocycles. The lowest BCUT2D eigenvalue weighted by Crippen LogP contribution is -2.49. The van der Waals surface area contributed by atoms with Gasteiger partial charge in [-0.05, 0) is 19.1 Å². The van der Waals surface area contributed by atoms with Crippen LogP contribution in [0.5, 0.6) is 0 Å². The van der Waals surface area contributed by atoms with Gasteiger partial charge in [0.05, 0.1) is 0 Å². The fraction of sp³-hybridized carbons (Fsp3) is 0.389. The van der Waals surface area contributed by atoms with Gasteiger partial charge in [-0.25, -0.2) is 15.0 Å². The molecule has 0 bridgehead atoms. The van der Waals surface area contributed by atoms with Crippen molar-refractivity contribution in [3.8, 4) is 6.07 Å². The lowest BCUT2D eigenvalue weighted by Gasteiger charge is -2.35. The highest BCUT2D eigenvalue weighted by Gasteiger charge is 2.21. The van der Waals surface area contributed by atoms with Gasteiger partial charge in [0.15, 0.2) is 0 Å². The van der Waals surface area contributed by atoms with Crippen molar-refractivity contribution in [3.05, 3.63) is 42.0 Å². The molecule has 2 aromatic rings. The average Bonchev–Trinajstić information content (AvgIpc) is 2.70. The molecule has 0 saturated carbocycles. The highest BCUT2D eigenvalue weighted by molar-refractivity contribution is 5.77. The van der Waals surface area contributed by atoms with Gasteiger partial charge in [-0.3, -0.25) is 4.79 Å². The summed E-state index contributed by atoms with van der Waals surface area (Å²) in [6.45, 7) is 5.30. The van der Waals surface area contributed by atoms with E-state index < -0.39 is 0 Å². The average molecular weight is 351 g/mol. The zero-order chi connectivity index (χ0) is 18.4. The highest BCUT2D eigenvalue weighted by atomic mass is 16.2. The Morgan fingerprint density at radius 1 is 1.27 bits per heavy atom. The van der Waals surface area contributed by atoms with Crippen LogP contribution in [0, 0.1) is 18.3 Å². The molecule has 8 nitrogen and oxygen atoms in total. The second kappa shape index (κ2) is 8.25. The second-order valence-electron chi connectivity index (χ2n) is 6.07. The Hall–Kier alpha value is -3.21. The minimum atomic E-state index is 0.116. The predicted molar refractivity (Wildman–Crippen MR) is 97.6 cm³/mol. The van der Waals surface area contributed by atoms with E-state index in [0.717, 1.165) is 24.5 Å². The Labute approximate surface area is 152 Å². The molecular weight excluding hydrogens is 330 g/mol. The number of hydrogen-bond donors (Lipinski definition) is 1. The molecule has 1 saturated heterocycles. The molecular formula is C18H21N7O. The summed E-state index contributed by atoms with van der Waals surface area (Å²) < 4.78 is 0. The van der Waals surface area contributed by atoms with E-state index in [0.29, 0.717) is 31.9 Å². The van der Waals surface area contributed by atoms with Crippen LogP contribution >= 0.6 is 0 Å². The largest absolute Gasteiger partial charge is 0.369 e. The molecule has 0 radical (unpaired) electrons. The van der Waals surface area contributed by atoms with Gasteiger partial charge in [-0.1, -0.05) is 6.07 Å². The lowest BCUT2D eigenvalue weighted by atomic mass is 10.2. The number of carbonyl (C=O) groups is 1. The van der Waals surface area contributed by atoms with Gasteiger partial charge >= 0.3 is 0 Å². The molecule has 3 rings (SSSR count). The molecule has 134 valence electrons. The Morgan fingerprint density at radius 2 is 2.08 bits per heavy atom. The number of nitrogens with zero attached hydrogens (tertiary/aromatic N) is 6. The smallest absolute Gasteiger partial charge is 0.234 e. The van der Waals surface area contributed by atoms with Gasteiger partial charge in [0.1, 0.15) is 17.7 Å². The summed E-state index contributed by atoms with van der Waals surface area (Å²) in [4.78, 5) is 28.9. The zero-order valence-electron chi connectivity index (χ0n) is 14.7. The third kappa shape index (κ3) is 4.25. The molecule has 26 heavy (non-hydrogen) atoms. The first-order valence-electron chi connectivity index (χ1n) is 8.59. The van der Waals surface area contributed by atoms with Crippen molar-refractivity contribution in [1.82, 2.24) is 19.9 Å². The summed E-state index contributed by atoms with van der Waals surface area (Å²) in [6, 6.07) is 7.77. The van der Waals surface area contributed by atoms with Gasteiger partial charge in [0, 0.05) is 57.1 Å². The van der Waals surface area contributed by atoms with E-state index >= 15 is 0 Å². The fourth-order valence-electron chi connectivity index (χ4n) is 2.85. The Kier molecular flexibility index (Phi) is 5.59. The highest BCUT2D eigenvalue weighted by Crippen LogP contribution is 2.13. The van der Waals surface area contributed by atoms with Crippen molar-refractivity contribution in [2.45, 2.75) is 13.3 Å². The first kappa shape index (κ1) is 17.6. The van der Waals surface area contributed by atoms with Gasteiger partial charge < -0.3 is 15.1 Å². The molecule has 8 heteroatoms. The molecule has 1 aliphatic heterocycles. The van der Waals surface area contributed by atoms with E-state index in [1.165, 1.54) is 0 Å². The molecule has 0 spiro atoms. The normalized spacial score (nSPS) is 14.0.